The van der Waals surface area contributed by atoms with Crippen LogP contribution in [-0.2, 0) is 11.2 Å². The molecule has 1 aromatic rings. The Morgan fingerprint density at radius 3 is 2.79 bits per heavy atom. The SMILES string of the molecule is CC(C)(C)OC(=O)NC1(CNC2CCCc3sc(Br)cc32)CCC1. The van der Waals surface area contributed by atoms with Gasteiger partial charge < -0.3 is 15.4 Å². The normalized spacial score (nSPS) is 22.4. The van der Waals surface area contributed by atoms with Crippen molar-refractivity contribution in [2.45, 2.75) is 76.5 Å². The van der Waals surface area contributed by atoms with Gasteiger partial charge in [0.2, 0.25) is 0 Å². The van der Waals surface area contributed by atoms with Crippen molar-refractivity contribution >= 4 is 33.4 Å². The number of aryl methyl sites for hydroxylation is 1. The van der Waals surface area contributed by atoms with E-state index in [9.17, 15) is 4.79 Å². The second-order valence-corrected chi connectivity index (χ2v) is 10.5. The van der Waals surface area contributed by atoms with Gasteiger partial charge in [-0.05, 0) is 86.9 Å². The third-order valence-corrected chi connectivity index (χ3v) is 6.56. The van der Waals surface area contributed by atoms with E-state index >= 15 is 0 Å². The van der Waals surface area contributed by atoms with Crippen LogP contribution in [0.2, 0.25) is 0 Å². The first-order valence-corrected chi connectivity index (χ1v) is 10.4. The number of carbonyl (C=O) groups excluding carboxylic acids is 1. The number of hydrogen-bond donors (Lipinski definition) is 2. The number of rotatable bonds is 4. The summed E-state index contributed by atoms with van der Waals surface area (Å²) in [6.45, 7) is 6.51. The highest BCUT2D eigenvalue weighted by molar-refractivity contribution is 9.11. The lowest BCUT2D eigenvalue weighted by atomic mass is 9.76. The molecule has 0 spiro atoms. The highest BCUT2D eigenvalue weighted by Gasteiger charge is 2.40. The van der Waals surface area contributed by atoms with Crippen molar-refractivity contribution in [1.82, 2.24) is 10.6 Å². The summed E-state index contributed by atoms with van der Waals surface area (Å²) < 4.78 is 6.65. The van der Waals surface area contributed by atoms with Gasteiger partial charge in [-0.25, -0.2) is 4.79 Å². The molecule has 0 radical (unpaired) electrons. The highest BCUT2D eigenvalue weighted by atomic mass is 79.9. The fraction of sp³-hybridized carbons (Fsp3) is 0.722. The van der Waals surface area contributed by atoms with Crippen LogP contribution in [-0.4, -0.2) is 23.8 Å². The van der Waals surface area contributed by atoms with Gasteiger partial charge in [0.05, 0.1) is 9.33 Å². The molecular formula is C18H27BrN2O2S. The van der Waals surface area contributed by atoms with Gasteiger partial charge in [-0.2, -0.15) is 0 Å². The lowest BCUT2D eigenvalue weighted by Gasteiger charge is -2.44. The second-order valence-electron chi connectivity index (χ2n) is 8.02. The molecule has 1 atom stereocenters. The largest absolute Gasteiger partial charge is 0.444 e. The van der Waals surface area contributed by atoms with Gasteiger partial charge in [-0.1, -0.05) is 0 Å². The van der Waals surface area contributed by atoms with Crippen molar-refractivity contribution < 1.29 is 9.53 Å². The minimum atomic E-state index is -0.455. The minimum Gasteiger partial charge on any atom is -0.444 e. The van der Waals surface area contributed by atoms with Crippen LogP contribution in [0.3, 0.4) is 0 Å². The molecule has 1 unspecified atom stereocenters. The number of halogens is 1. The van der Waals surface area contributed by atoms with Crippen molar-refractivity contribution in [2.24, 2.45) is 0 Å². The Morgan fingerprint density at radius 2 is 2.17 bits per heavy atom. The van der Waals surface area contributed by atoms with Gasteiger partial charge in [0.25, 0.3) is 0 Å². The van der Waals surface area contributed by atoms with E-state index in [4.69, 9.17) is 4.74 Å². The van der Waals surface area contributed by atoms with Gasteiger partial charge >= 0.3 is 6.09 Å². The van der Waals surface area contributed by atoms with E-state index in [0.717, 1.165) is 25.8 Å². The summed E-state index contributed by atoms with van der Waals surface area (Å²) in [6.07, 6.45) is 6.48. The first-order valence-electron chi connectivity index (χ1n) is 8.79. The molecule has 1 fully saturated rings. The lowest BCUT2D eigenvalue weighted by Crippen LogP contribution is -2.60. The van der Waals surface area contributed by atoms with Crippen molar-refractivity contribution in [3.63, 3.8) is 0 Å². The third kappa shape index (κ3) is 4.33. The molecule has 1 aromatic heterocycles. The van der Waals surface area contributed by atoms with Crippen LogP contribution in [0.15, 0.2) is 9.85 Å². The van der Waals surface area contributed by atoms with Crippen LogP contribution < -0.4 is 10.6 Å². The number of amides is 1. The van der Waals surface area contributed by atoms with Gasteiger partial charge in [0, 0.05) is 17.5 Å². The van der Waals surface area contributed by atoms with E-state index in [1.54, 1.807) is 0 Å². The van der Waals surface area contributed by atoms with Gasteiger partial charge in [0.1, 0.15) is 5.60 Å². The van der Waals surface area contributed by atoms with Crippen molar-refractivity contribution in [3.8, 4) is 0 Å². The summed E-state index contributed by atoms with van der Waals surface area (Å²) in [6, 6.07) is 2.65. The zero-order valence-electron chi connectivity index (χ0n) is 14.7. The number of alkyl carbamates (subject to hydrolysis) is 1. The van der Waals surface area contributed by atoms with Crippen LogP contribution >= 0.6 is 27.3 Å². The molecule has 0 aliphatic heterocycles. The maximum atomic E-state index is 12.2. The molecule has 24 heavy (non-hydrogen) atoms. The lowest BCUT2D eigenvalue weighted by molar-refractivity contribution is 0.0378. The molecule has 2 aliphatic rings. The zero-order valence-corrected chi connectivity index (χ0v) is 17.1. The van der Waals surface area contributed by atoms with Crippen molar-refractivity contribution in [1.29, 1.82) is 0 Å². The summed E-state index contributed by atoms with van der Waals surface area (Å²) in [5.74, 6) is 0. The number of nitrogens with one attached hydrogen (secondary N) is 2. The summed E-state index contributed by atoms with van der Waals surface area (Å²) in [4.78, 5) is 13.6. The Kier molecular flexibility index (Phi) is 5.28. The first-order chi connectivity index (χ1) is 11.3. The Labute approximate surface area is 156 Å². The predicted octanol–water partition coefficient (Wildman–Crippen LogP) is 4.93. The van der Waals surface area contributed by atoms with E-state index in [-0.39, 0.29) is 11.6 Å². The quantitative estimate of drug-likeness (QED) is 0.734. The summed E-state index contributed by atoms with van der Waals surface area (Å²) in [5, 5.41) is 6.84. The molecule has 2 aliphatic carbocycles. The Morgan fingerprint density at radius 1 is 1.42 bits per heavy atom. The van der Waals surface area contributed by atoms with Gasteiger partial charge in [0.15, 0.2) is 0 Å². The van der Waals surface area contributed by atoms with E-state index < -0.39 is 5.60 Å². The minimum absolute atomic E-state index is 0.146. The molecule has 1 heterocycles. The topological polar surface area (TPSA) is 50.4 Å². The number of fused-ring (bicyclic) bond motifs is 1. The Balaban J connectivity index is 1.59. The third-order valence-electron chi connectivity index (χ3n) is 4.85. The molecule has 6 heteroatoms. The zero-order chi connectivity index (χ0) is 17.4. The molecule has 1 saturated carbocycles. The number of ether oxygens (including phenoxy) is 1. The van der Waals surface area contributed by atoms with E-state index in [2.05, 4.69) is 32.6 Å². The molecular weight excluding hydrogens is 388 g/mol. The van der Waals surface area contributed by atoms with Crippen LogP contribution in [0.25, 0.3) is 0 Å². The summed E-state index contributed by atoms with van der Waals surface area (Å²) in [5.41, 5.74) is 0.835. The number of hydrogen-bond acceptors (Lipinski definition) is 4. The van der Waals surface area contributed by atoms with Crippen LogP contribution in [0.1, 0.15) is 69.4 Å². The van der Waals surface area contributed by atoms with Crippen LogP contribution in [0.5, 0.6) is 0 Å². The maximum absolute atomic E-state index is 12.2. The van der Waals surface area contributed by atoms with Crippen molar-refractivity contribution in [3.05, 3.63) is 20.3 Å². The molecule has 0 aromatic carbocycles. The molecule has 0 bridgehead atoms. The summed E-state index contributed by atoms with van der Waals surface area (Å²) in [7, 11) is 0. The average Bonchev–Trinajstić information content (AvgIpc) is 2.80. The average molecular weight is 415 g/mol. The molecule has 1 amide bonds. The number of carbonyl (C=O) groups is 1. The Bertz CT molecular complexity index is 605. The summed E-state index contributed by atoms with van der Waals surface area (Å²) >= 11 is 5.46. The predicted molar refractivity (Wildman–Crippen MR) is 102 cm³/mol. The number of thiophene rings is 1. The van der Waals surface area contributed by atoms with Crippen molar-refractivity contribution in [2.75, 3.05) is 6.54 Å². The first kappa shape index (κ1) is 18.2. The molecule has 4 nitrogen and oxygen atoms in total. The standard InChI is InChI=1S/C18H27BrN2O2S/c1-17(2,3)23-16(22)21-18(8-5-9-18)11-20-13-6-4-7-14-12(13)10-15(19)24-14/h10,13,20H,4-9,11H2,1-3H3,(H,21,22). The smallest absolute Gasteiger partial charge is 0.408 e. The molecule has 0 saturated heterocycles. The monoisotopic (exact) mass is 414 g/mol. The molecule has 3 rings (SSSR count). The van der Waals surface area contributed by atoms with E-state index in [0.29, 0.717) is 6.04 Å². The highest BCUT2D eigenvalue weighted by Crippen LogP contribution is 2.39. The van der Waals surface area contributed by atoms with Gasteiger partial charge in [-0.3, -0.25) is 0 Å². The second kappa shape index (κ2) is 6.96. The molecule has 2 N–H and O–H groups in total. The Hall–Kier alpha value is -0.590. The van der Waals surface area contributed by atoms with Crippen LogP contribution in [0, 0.1) is 0 Å². The van der Waals surface area contributed by atoms with Gasteiger partial charge in [-0.15, -0.1) is 11.3 Å². The molecule has 134 valence electrons. The fourth-order valence-corrected chi connectivity index (χ4v) is 5.34. The van der Waals surface area contributed by atoms with E-state index in [1.165, 1.54) is 33.5 Å². The maximum Gasteiger partial charge on any atom is 0.408 e. The fourth-order valence-electron chi connectivity index (χ4n) is 3.52. The van der Waals surface area contributed by atoms with E-state index in [1.807, 2.05) is 32.1 Å². The van der Waals surface area contributed by atoms with Crippen LogP contribution in [0.4, 0.5) is 4.79 Å².